The zero-order valence-corrected chi connectivity index (χ0v) is 11.1. The zero-order chi connectivity index (χ0) is 13.0. The van der Waals surface area contributed by atoms with E-state index in [0.717, 1.165) is 38.2 Å². The van der Waals surface area contributed by atoms with E-state index in [2.05, 4.69) is 30.0 Å². The fourth-order valence-electron chi connectivity index (χ4n) is 2.28. The van der Waals surface area contributed by atoms with Crippen LogP contribution in [0.15, 0.2) is 18.2 Å². The molecular formula is C15H20N2O. The predicted molar refractivity (Wildman–Crippen MR) is 72.9 cm³/mol. The molecule has 0 saturated carbocycles. The summed E-state index contributed by atoms with van der Waals surface area (Å²) >= 11 is 0. The van der Waals surface area contributed by atoms with Crippen molar-refractivity contribution in [1.29, 1.82) is 5.26 Å². The van der Waals surface area contributed by atoms with Gasteiger partial charge < -0.3 is 9.64 Å². The van der Waals surface area contributed by atoms with Gasteiger partial charge in [-0.05, 0) is 43.0 Å². The Morgan fingerprint density at radius 3 is 3.06 bits per heavy atom. The van der Waals surface area contributed by atoms with Crippen LogP contribution >= 0.6 is 0 Å². The molecule has 3 nitrogen and oxygen atoms in total. The Bertz CT molecular complexity index is 450. The smallest absolute Gasteiger partial charge is 0.122 e. The van der Waals surface area contributed by atoms with Gasteiger partial charge in [0.2, 0.25) is 0 Å². The van der Waals surface area contributed by atoms with Crippen LogP contribution in [0.4, 0.5) is 5.69 Å². The molecule has 3 heteroatoms. The van der Waals surface area contributed by atoms with Gasteiger partial charge in [0.1, 0.15) is 5.75 Å². The van der Waals surface area contributed by atoms with E-state index in [9.17, 15) is 0 Å². The van der Waals surface area contributed by atoms with E-state index in [4.69, 9.17) is 10.00 Å². The fourth-order valence-corrected chi connectivity index (χ4v) is 2.28. The van der Waals surface area contributed by atoms with Crippen molar-refractivity contribution in [1.82, 2.24) is 0 Å². The molecule has 1 aliphatic heterocycles. The number of anilines is 1. The summed E-state index contributed by atoms with van der Waals surface area (Å²) in [6, 6.07) is 8.67. The Balaban J connectivity index is 2.11. The molecule has 96 valence electrons. The van der Waals surface area contributed by atoms with Crippen molar-refractivity contribution in [2.24, 2.45) is 5.92 Å². The monoisotopic (exact) mass is 244 g/mol. The number of hydrogen-bond donors (Lipinski definition) is 0. The second-order valence-corrected chi connectivity index (χ2v) is 4.86. The Morgan fingerprint density at radius 1 is 1.50 bits per heavy atom. The van der Waals surface area contributed by atoms with Crippen LogP contribution in [-0.4, -0.2) is 20.2 Å². The van der Waals surface area contributed by atoms with E-state index in [0.29, 0.717) is 0 Å². The van der Waals surface area contributed by atoms with Crippen LogP contribution in [0.1, 0.15) is 25.3 Å². The molecule has 0 saturated heterocycles. The molecule has 0 amide bonds. The van der Waals surface area contributed by atoms with Crippen LogP contribution in [0.25, 0.3) is 0 Å². The first kappa shape index (κ1) is 12.8. The number of hydrogen-bond acceptors (Lipinski definition) is 3. The van der Waals surface area contributed by atoms with Gasteiger partial charge in [-0.25, -0.2) is 0 Å². The molecule has 1 aromatic carbocycles. The Morgan fingerprint density at radius 2 is 2.33 bits per heavy atom. The molecule has 2 rings (SSSR count). The van der Waals surface area contributed by atoms with Crippen molar-refractivity contribution in [2.75, 3.05) is 25.1 Å². The summed E-state index contributed by atoms with van der Waals surface area (Å²) in [5.41, 5.74) is 2.46. The first-order valence-electron chi connectivity index (χ1n) is 6.61. The molecule has 0 aliphatic carbocycles. The van der Waals surface area contributed by atoms with Gasteiger partial charge in [-0.3, -0.25) is 0 Å². The maximum absolute atomic E-state index is 9.02. The van der Waals surface area contributed by atoms with Gasteiger partial charge in [0, 0.05) is 19.3 Å². The maximum Gasteiger partial charge on any atom is 0.122 e. The summed E-state index contributed by atoms with van der Waals surface area (Å²) in [4.78, 5) is 2.16. The van der Waals surface area contributed by atoms with Crippen LogP contribution in [0.3, 0.4) is 0 Å². The average Bonchev–Trinajstić information content (AvgIpc) is 2.44. The highest BCUT2D eigenvalue weighted by atomic mass is 16.5. The molecule has 0 radical (unpaired) electrons. The molecule has 0 spiro atoms. The fraction of sp³-hybridized carbons (Fsp3) is 0.533. The van der Waals surface area contributed by atoms with Gasteiger partial charge in [0.15, 0.2) is 0 Å². The molecule has 0 bridgehead atoms. The summed E-state index contributed by atoms with van der Waals surface area (Å²) in [6.07, 6.45) is 3.08. The predicted octanol–water partition coefficient (Wildman–Crippen LogP) is 3.00. The quantitative estimate of drug-likeness (QED) is 0.817. The lowest BCUT2D eigenvalue weighted by Crippen LogP contribution is -2.24. The number of fused-ring (bicyclic) bond motifs is 1. The second-order valence-electron chi connectivity index (χ2n) is 4.86. The molecule has 18 heavy (non-hydrogen) atoms. The van der Waals surface area contributed by atoms with Crippen LogP contribution in [0.2, 0.25) is 0 Å². The van der Waals surface area contributed by atoms with E-state index in [-0.39, 0.29) is 5.92 Å². The normalized spacial score (nSPS) is 15.2. The average molecular weight is 244 g/mol. The standard InChI is InChI=1S/C15H20N2O/c1-3-12(10-16)11-17(2)14-6-7-15-13(9-14)5-4-8-18-15/h6-7,9,12H,3-5,8,11H2,1-2H3. The van der Waals surface area contributed by atoms with E-state index < -0.39 is 0 Å². The summed E-state index contributed by atoms with van der Waals surface area (Å²) < 4.78 is 5.61. The van der Waals surface area contributed by atoms with Crippen molar-refractivity contribution in [3.05, 3.63) is 23.8 Å². The van der Waals surface area contributed by atoms with Crippen LogP contribution in [-0.2, 0) is 6.42 Å². The van der Waals surface area contributed by atoms with E-state index in [1.54, 1.807) is 0 Å². The highest BCUT2D eigenvalue weighted by Gasteiger charge is 2.14. The largest absolute Gasteiger partial charge is 0.493 e. The first-order valence-corrected chi connectivity index (χ1v) is 6.61. The van der Waals surface area contributed by atoms with E-state index in [1.165, 1.54) is 11.3 Å². The second kappa shape index (κ2) is 5.77. The summed E-state index contributed by atoms with van der Waals surface area (Å²) in [6.45, 7) is 3.67. The molecule has 1 unspecified atom stereocenters. The third-order valence-corrected chi connectivity index (χ3v) is 3.50. The van der Waals surface area contributed by atoms with E-state index >= 15 is 0 Å². The highest BCUT2D eigenvalue weighted by Crippen LogP contribution is 2.29. The number of benzene rings is 1. The van der Waals surface area contributed by atoms with Crippen molar-refractivity contribution in [2.45, 2.75) is 26.2 Å². The number of rotatable bonds is 4. The highest BCUT2D eigenvalue weighted by molar-refractivity contribution is 5.53. The van der Waals surface area contributed by atoms with Gasteiger partial charge >= 0.3 is 0 Å². The van der Waals surface area contributed by atoms with Gasteiger partial charge in [-0.2, -0.15) is 5.26 Å². The van der Waals surface area contributed by atoms with Crippen molar-refractivity contribution < 1.29 is 4.74 Å². The molecular weight excluding hydrogens is 224 g/mol. The number of ether oxygens (including phenoxy) is 1. The minimum atomic E-state index is 0.0993. The van der Waals surface area contributed by atoms with Crippen LogP contribution < -0.4 is 9.64 Å². The molecule has 0 fully saturated rings. The van der Waals surface area contributed by atoms with Gasteiger partial charge in [0.25, 0.3) is 0 Å². The third-order valence-electron chi connectivity index (χ3n) is 3.50. The van der Waals surface area contributed by atoms with Crippen LogP contribution in [0.5, 0.6) is 5.75 Å². The van der Waals surface area contributed by atoms with Crippen LogP contribution in [0, 0.1) is 17.2 Å². The van der Waals surface area contributed by atoms with Gasteiger partial charge in [0.05, 0.1) is 18.6 Å². The molecule has 0 aromatic heterocycles. The van der Waals surface area contributed by atoms with Crippen molar-refractivity contribution in [3.63, 3.8) is 0 Å². The lowest BCUT2D eigenvalue weighted by Gasteiger charge is -2.24. The minimum absolute atomic E-state index is 0.0993. The lowest BCUT2D eigenvalue weighted by atomic mass is 10.0. The Labute approximate surface area is 109 Å². The zero-order valence-electron chi connectivity index (χ0n) is 11.1. The lowest BCUT2D eigenvalue weighted by molar-refractivity contribution is 0.288. The first-order chi connectivity index (χ1) is 8.74. The topological polar surface area (TPSA) is 36.3 Å². The molecule has 1 heterocycles. The molecule has 1 atom stereocenters. The summed E-state index contributed by atoms with van der Waals surface area (Å²) in [5.74, 6) is 1.12. The SMILES string of the molecule is CCC(C#N)CN(C)c1ccc2c(c1)CCCO2. The summed E-state index contributed by atoms with van der Waals surface area (Å²) in [5, 5.41) is 9.02. The van der Waals surface area contributed by atoms with Crippen molar-refractivity contribution in [3.8, 4) is 11.8 Å². The molecule has 1 aliphatic rings. The number of nitriles is 1. The minimum Gasteiger partial charge on any atom is -0.493 e. The van der Waals surface area contributed by atoms with Crippen molar-refractivity contribution >= 4 is 5.69 Å². The van der Waals surface area contributed by atoms with E-state index in [1.807, 2.05) is 13.1 Å². The number of nitrogens with zero attached hydrogens (tertiary/aromatic N) is 2. The molecule has 1 aromatic rings. The van der Waals surface area contributed by atoms with Gasteiger partial charge in [-0.15, -0.1) is 0 Å². The number of aryl methyl sites for hydroxylation is 1. The Hall–Kier alpha value is -1.69. The maximum atomic E-state index is 9.02. The third kappa shape index (κ3) is 2.76. The molecule has 0 N–H and O–H groups in total. The van der Waals surface area contributed by atoms with Gasteiger partial charge in [-0.1, -0.05) is 6.92 Å². The summed E-state index contributed by atoms with van der Waals surface area (Å²) in [7, 11) is 2.05. The Kier molecular flexibility index (Phi) is 4.09.